The van der Waals surface area contributed by atoms with Crippen LogP contribution in [0.15, 0.2) is 18.2 Å². The van der Waals surface area contributed by atoms with Crippen LogP contribution in [0.5, 0.6) is 0 Å². The van der Waals surface area contributed by atoms with Gasteiger partial charge in [0.2, 0.25) is 0 Å². The fraction of sp³-hybridized carbons (Fsp3) is 0.667. The van der Waals surface area contributed by atoms with Gasteiger partial charge in [-0.25, -0.2) is 8.78 Å². The first kappa shape index (κ1) is 15.0. The summed E-state index contributed by atoms with van der Waals surface area (Å²) in [7, 11) is 1.92. The van der Waals surface area contributed by atoms with Crippen LogP contribution in [0.2, 0.25) is 0 Å². The molecule has 2 aliphatic rings. The van der Waals surface area contributed by atoms with Crippen LogP contribution in [-0.2, 0) is 5.41 Å². The van der Waals surface area contributed by atoms with E-state index in [1.54, 1.807) is 6.07 Å². The number of rotatable bonds is 3. The van der Waals surface area contributed by atoms with Crippen molar-refractivity contribution in [2.45, 2.75) is 56.8 Å². The van der Waals surface area contributed by atoms with E-state index in [-0.39, 0.29) is 11.2 Å². The summed E-state index contributed by atoms with van der Waals surface area (Å²) in [6, 6.07) is 4.09. The van der Waals surface area contributed by atoms with Gasteiger partial charge in [-0.05, 0) is 49.8 Å². The first-order chi connectivity index (χ1) is 10.1. The molecule has 3 rings (SSSR count). The minimum Gasteiger partial charge on any atom is -0.319 e. The molecule has 0 radical (unpaired) electrons. The Morgan fingerprint density at radius 2 is 1.71 bits per heavy atom. The van der Waals surface area contributed by atoms with E-state index in [0.29, 0.717) is 11.0 Å². The Morgan fingerprint density at radius 1 is 1.05 bits per heavy atom. The van der Waals surface area contributed by atoms with Crippen molar-refractivity contribution in [3.8, 4) is 0 Å². The van der Waals surface area contributed by atoms with E-state index in [0.717, 1.165) is 25.5 Å². The monoisotopic (exact) mass is 293 g/mol. The van der Waals surface area contributed by atoms with Crippen molar-refractivity contribution >= 4 is 0 Å². The SMILES string of the molecule is CNCC1(c2ccc(F)cc2F)CC2(CCCCCC2)C1. The summed E-state index contributed by atoms with van der Waals surface area (Å²) in [6.07, 6.45) is 9.94. The maximum atomic E-state index is 14.3. The Bertz CT molecular complexity index is 496. The highest BCUT2D eigenvalue weighted by atomic mass is 19.1. The van der Waals surface area contributed by atoms with Crippen LogP contribution in [-0.4, -0.2) is 13.6 Å². The van der Waals surface area contributed by atoms with Gasteiger partial charge in [0.25, 0.3) is 0 Å². The lowest BCUT2D eigenvalue weighted by Crippen LogP contribution is -2.54. The Kier molecular flexibility index (Phi) is 4.04. The molecule has 21 heavy (non-hydrogen) atoms. The summed E-state index contributed by atoms with van der Waals surface area (Å²) >= 11 is 0. The van der Waals surface area contributed by atoms with Gasteiger partial charge in [0.05, 0.1) is 0 Å². The Labute approximate surface area is 126 Å². The maximum absolute atomic E-state index is 14.3. The number of likely N-dealkylation sites (N-methyl/N-ethyl adjacent to an activating group) is 1. The predicted octanol–water partition coefficient (Wildman–Crippen LogP) is 4.56. The zero-order valence-corrected chi connectivity index (χ0v) is 12.9. The molecule has 2 aliphatic carbocycles. The summed E-state index contributed by atoms with van der Waals surface area (Å²) in [5, 5.41) is 3.23. The zero-order chi connectivity index (χ0) is 14.9. The van der Waals surface area contributed by atoms with E-state index in [4.69, 9.17) is 0 Å². The Balaban J connectivity index is 1.85. The molecule has 1 N–H and O–H groups in total. The van der Waals surface area contributed by atoms with Crippen molar-refractivity contribution in [2.24, 2.45) is 5.41 Å². The van der Waals surface area contributed by atoms with Crippen molar-refractivity contribution in [2.75, 3.05) is 13.6 Å². The molecular weight excluding hydrogens is 268 g/mol. The third-order valence-electron chi connectivity index (χ3n) is 5.61. The summed E-state index contributed by atoms with van der Waals surface area (Å²) in [4.78, 5) is 0. The van der Waals surface area contributed by atoms with Crippen LogP contribution in [0, 0.1) is 17.0 Å². The average molecular weight is 293 g/mol. The van der Waals surface area contributed by atoms with Gasteiger partial charge in [0, 0.05) is 18.0 Å². The normalized spacial score (nSPS) is 23.6. The minimum absolute atomic E-state index is 0.142. The summed E-state index contributed by atoms with van der Waals surface area (Å²) in [5.41, 5.74) is 0.971. The second kappa shape index (κ2) is 5.68. The molecule has 1 nitrogen and oxygen atoms in total. The Hall–Kier alpha value is -0.960. The average Bonchev–Trinajstić information content (AvgIpc) is 2.64. The summed E-state index contributed by atoms with van der Waals surface area (Å²) in [5.74, 6) is -0.868. The first-order valence-electron chi connectivity index (χ1n) is 8.19. The zero-order valence-electron chi connectivity index (χ0n) is 12.9. The number of hydrogen-bond acceptors (Lipinski definition) is 1. The van der Waals surface area contributed by atoms with Crippen molar-refractivity contribution in [1.82, 2.24) is 5.32 Å². The van der Waals surface area contributed by atoms with Crippen molar-refractivity contribution in [1.29, 1.82) is 0 Å². The van der Waals surface area contributed by atoms with E-state index in [9.17, 15) is 8.78 Å². The molecule has 2 fully saturated rings. The number of benzene rings is 1. The fourth-order valence-corrected chi connectivity index (χ4v) is 4.88. The highest BCUT2D eigenvalue weighted by Crippen LogP contribution is 2.61. The van der Waals surface area contributed by atoms with Crippen LogP contribution in [0.3, 0.4) is 0 Å². The second-order valence-electron chi connectivity index (χ2n) is 7.20. The third kappa shape index (κ3) is 2.73. The van der Waals surface area contributed by atoms with E-state index < -0.39 is 5.82 Å². The lowest BCUT2D eigenvalue weighted by Gasteiger charge is -2.57. The highest BCUT2D eigenvalue weighted by molar-refractivity contribution is 5.33. The molecule has 0 aromatic heterocycles. The molecule has 0 aliphatic heterocycles. The highest BCUT2D eigenvalue weighted by Gasteiger charge is 2.54. The number of nitrogens with one attached hydrogen (secondary N) is 1. The fourth-order valence-electron chi connectivity index (χ4n) is 4.88. The molecule has 0 atom stereocenters. The number of hydrogen-bond donors (Lipinski definition) is 1. The maximum Gasteiger partial charge on any atom is 0.129 e. The first-order valence-corrected chi connectivity index (χ1v) is 8.19. The molecule has 0 bridgehead atoms. The predicted molar refractivity (Wildman–Crippen MR) is 81.3 cm³/mol. The van der Waals surface area contributed by atoms with E-state index >= 15 is 0 Å². The molecule has 1 aromatic rings. The van der Waals surface area contributed by atoms with Crippen molar-refractivity contribution in [3.05, 3.63) is 35.4 Å². The molecule has 0 amide bonds. The van der Waals surface area contributed by atoms with E-state index in [1.165, 1.54) is 44.6 Å². The van der Waals surface area contributed by atoms with Gasteiger partial charge >= 0.3 is 0 Å². The van der Waals surface area contributed by atoms with E-state index in [2.05, 4.69) is 5.32 Å². The molecule has 1 aromatic carbocycles. The molecule has 116 valence electrons. The van der Waals surface area contributed by atoms with Gasteiger partial charge in [0.15, 0.2) is 0 Å². The standard InChI is InChI=1S/C18H25F2N/c1-21-13-18(15-7-6-14(19)10-16(15)20)11-17(12-18)8-4-2-3-5-9-17/h6-7,10,21H,2-5,8-9,11-13H2,1H3. The molecule has 3 heteroatoms. The topological polar surface area (TPSA) is 12.0 Å². The van der Waals surface area contributed by atoms with Gasteiger partial charge < -0.3 is 5.32 Å². The van der Waals surface area contributed by atoms with Crippen molar-refractivity contribution < 1.29 is 8.78 Å². The molecule has 0 heterocycles. The van der Waals surface area contributed by atoms with Gasteiger partial charge in [-0.1, -0.05) is 31.7 Å². The summed E-state index contributed by atoms with van der Waals surface area (Å²) in [6.45, 7) is 0.775. The molecule has 0 saturated heterocycles. The molecule has 1 spiro atoms. The van der Waals surface area contributed by atoms with Crippen LogP contribution < -0.4 is 5.32 Å². The smallest absolute Gasteiger partial charge is 0.129 e. The Morgan fingerprint density at radius 3 is 2.29 bits per heavy atom. The lowest BCUT2D eigenvalue weighted by molar-refractivity contribution is 0.00516. The molecular formula is C18H25F2N. The second-order valence-corrected chi connectivity index (χ2v) is 7.20. The lowest BCUT2D eigenvalue weighted by atomic mass is 9.48. The van der Waals surface area contributed by atoms with Crippen LogP contribution in [0.1, 0.15) is 56.9 Å². The largest absolute Gasteiger partial charge is 0.319 e. The molecule has 2 saturated carbocycles. The minimum atomic E-state index is -0.487. The third-order valence-corrected chi connectivity index (χ3v) is 5.61. The van der Waals surface area contributed by atoms with Gasteiger partial charge in [0.1, 0.15) is 11.6 Å². The number of halogens is 2. The van der Waals surface area contributed by atoms with Crippen LogP contribution in [0.25, 0.3) is 0 Å². The van der Waals surface area contributed by atoms with E-state index in [1.807, 2.05) is 7.05 Å². The van der Waals surface area contributed by atoms with Crippen LogP contribution >= 0.6 is 0 Å². The van der Waals surface area contributed by atoms with Gasteiger partial charge in [-0.15, -0.1) is 0 Å². The van der Waals surface area contributed by atoms with Gasteiger partial charge in [-0.2, -0.15) is 0 Å². The van der Waals surface area contributed by atoms with Crippen molar-refractivity contribution in [3.63, 3.8) is 0 Å². The summed E-state index contributed by atoms with van der Waals surface area (Å²) < 4.78 is 27.4. The van der Waals surface area contributed by atoms with Gasteiger partial charge in [-0.3, -0.25) is 0 Å². The quantitative estimate of drug-likeness (QED) is 0.861. The molecule has 0 unspecified atom stereocenters. The van der Waals surface area contributed by atoms with Crippen LogP contribution in [0.4, 0.5) is 8.78 Å².